The number of hydrogen-bond donors (Lipinski definition) is 2. The van der Waals surface area contributed by atoms with Gasteiger partial charge < -0.3 is 20.3 Å². The van der Waals surface area contributed by atoms with Crippen molar-refractivity contribution in [2.75, 3.05) is 34.3 Å². The third kappa shape index (κ3) is 5.61. The lowest BCUT2D eigenvalue weighted by atomic mass is 10.2. The summed E-state index contributed by atoms with van der Waals surface area (Å²) in [5.41, 5.74) is 1.10. The van der Waals surface area contributed by atoms with Gasteiger partial charge in [0.1, 0.15) is 5.75 Å². The number of carbonyl (C=O) groups excluding carboxylic acids is 1. The fourth-order valence-corrected chi connectivity index (χ4v) is 3.64. The van der Waals surface area contributed by atoms with Crippen LogP contribution < -0.4 is 15.4 Å². The number of nitrogens with zero attached hydrogens (tertiary/aromatic N) is 3. The largest absolute Gasteiger partial charge is 0.497 e. The maximum atomic E-state index is 12.0. The van der Waals surface area contributed by atoms with Crippen molar-refractivity contribution in [2.45, 2.75) is 50.9 Å². The van der Waals surface area contributed by atoms with Gasteiger partial charge in [0, 0.05) is 38.8 Å². The molecular weight excluding hydrogens is 354 g/mol. The first kappa shape index (κ1) is 20.5. The zero-order chi connectivity index (χ0) is 20.1. The minimum absolute atomic E-state index is 0.0262. The Hall–Kier alpha value is -2.28. The molecule has 1 aliphatic heterocycles. The first-order chi connectivity index (χ1) is 13.5. The molecule has 0 bridgehead atoms. The third-order valence-corrected chi connectivity index (χ3v) is 5.46. The average molecular weight is 388 g/mol. The average Bonchev–Trinajstić information content (AvgIpc) is 3.46. The SMILES string of the molecule is COc1ccc(CN=C(NCC(=O)N(C)C)NC2CC(C)N(C3CC3)C2)cc1. The van der Waals surface area contributed by atoms with Crippen LogP contribution in [0.1, 0.15) is 31.7 Å². The second-order valence-corrected chi connectivity index (χ2v) is 8.01. The van der Waals surface area contributed by atoms with Crippen molar-refractivity contribution in [1.29, 1.82) is 0 Å². The quantitative estimate of drug-likeness (QED) is 0.547. The lowest BCUT2D eigenvalue weighted by molar-refractivity contribution is -0.127. The molecule has 1 saturated carbocycles. The number of carbonyl (C=O) groups is 1. The van der Waals surface area contributed by atoms with Gasteiger partial charge in [-0.05, 0) is 43.9 Å². The Morgan fingerprint density at radius 3 is 2.61 bits per heavy atom. The number of methoxy groups -OCH3 is 1. The van der Waals surface area contributed by atoms with Gasteiger partial charge in [-0.3, -0.25) is 9.69 Å². The van der Waals surface area contributed by atoms with Gasteiger partial charge in [-0.25, -0.2) is 4.99 Å². The summed E-state index contributed by atoms with van der Waals surface area (Å²) in [4.78, 5) is 20.9. The molecule has 0 radical (unpaired) electrons. The standard InChI is InChI=1S/C21H33N5O2/c1-15-11-17(14-26(15)18-7-8-18)24-21(23-13-20(27)25(2)3)22-12-16-5-9-19(28-4)10-6-16/h5-6,9-10,15,17-18H,7-8,11-14H2,1-4H3,(H2,22,23,24). The molecule has 28 heavy (non-hydrogen) atoms. The summed E-state index contributed by atoms with van der Waals surface area (Å²) < 4.78 is 5.21. The Morgan fingerprint density at radius 1 is 1.29 bits per heavy atom. The highest BCUT2D eigenvalue weighted by molar-refractivity contribution is 5.86. The van der Waals surface area contributed by atoms with Crippen LogP contribution in [0.5, 0.6) is 5.75 Å². The Labute approximate surface area is 168 Å². The van der Waals surface area contributed by atoms with Crippen molar-refractivity contribution in [3.05, 3.63) is 29.8 Å². The van der Waals surface area contributed by atoms with Crippen LogP contribution in [0.25, 0.3) is 0 Å². The van der Waals surface area contributed by atoms with Crippen LogP contribution in [0.3, 0.4) is 0 Å². The summed E-state index contributed by atoms with van der Waals surface area (Å²) in [6, 6.07) is 9.61. The van der Waals surface area contributed by atoms with Crippen LogP contribution in [0.4, 0.5) is 0 Å². The molecule has 1 amide bonds. The van der Waals surface area contributed by atoms with Gasteiger partial charge in [-0.2, -0.15) is 0 Å². The lowest BCUT2D eigenvalue weighted by Gasteiger charge is -2.20. The smallest absolute Gasteiger partial charge is 0.241 e. The van der Waals surface area contributed by atoms with E-state index in [0.717, 1.165) is 30.3 Å². The van der Waals surface area contributed by atoms with E-state index in [1.165, 1.54) is 12.8 Å². The van der Waals surface area contributed by atoms with Crippen LogP contribution in [0.15, 0.2) is 29.3 Å². The molecule has 3 rings (SSSR count). The Morgan fingerprint density at radius 2 is 2.00 bits per heavy atom. The van der Waals surface area contributed by atoms with E-state index in [9.17, 15) is 4.79 Å². The highest BCUT2D eigenvalue weighted by atomic mass is 16.5. The molecular formula is C21H33N5O2. The zero-order valence-corrected chi connectivity index (χ0v) is 17.4. The first-order valence-corrected chi connectivity index (χ1v) is 10.1. The molecule has 2 aliphatic rings. The molecule has 2 N–H and O–H groups in total. The van der Waals surface area contributed by atoms with Crippen LogP contribution in [0.2, 0.25) is 0 Å². The zero-order valence-electron chi connectivity index (χ0n) is 17.4. The lowest BCUT2D eigenvalue weighted by Crippen LogP contribution is -2.47. The van der Waals surface area contributed by atoms with E-state index in [2.05, 4.69) is 22.5 Å². The predicted octanol–water partition coefficient (Wildman–Crippen LogP) is 1.44. The number of guanidine groups is 1. The molecule has 2 atom stereocenters. The van der Waals surface area contributed by atoms with Crippen molar-refractivity contribution >= 4 is 11.9 Å². The van der Waals surface area contributed by atoms with E-state index < -0.39 is 0 Å². The highest BCUT2D eigenvalue weighted by Crippen LogP contribution is 2.33. The molecule has 1 aliphatic carbocycles. The number of rotatable bonds is 7. The maximum absolute atomic E-state index is 12.0. The second-order valence-electron chi connectivity index (χ2n) is 8.01. The molecule has 7 heteroatoms. The maximum Gasteiger partial charge on any atom is 0.241 e. The number of amides is 1. The Balaban J connectivity index is 1.62. The van der Waals surface area contributed by atoms with Gasteiger partial charge >= 0.3 is 0 Å². The van der Waals surface area contributed by atoms with Crippen LogP contribution >= 0.6 is 0 Å². The molecule has 1 heterocycles. The molecule has 1 saturated heterocycles. The van der Waals surface area contributed by atoms with Gasteiger partial charge in [-0.15, -0.1) is 0 Å². The van der Waals surface area contributed by atoms with E-state index in [1.807, 2.05) is 24.3 Å². The van der Waals surface area contributed by atoms with E-state index in [0.29, 0.717) is 24.6 Å². The molecule has 2 fully saturated rings. The third-order valence-electron chi connectivity index (χ3n) is 5.46. The fraction of sp³-hybridized carbons (Fsp3) is 0.619. The fourth-order valence-electron chi connectivity index (χ4n) is 3.64. The Kier molecular flexibility index (Phi) is 6.78. The van der Waals surface area contributed by atoms with Crippen LogP contribution in [0, 0.1) is 0 Å². The molecule has 0 spiro atoms. The van der Waals surface area contributed by atoms with Gasteiger partial charge in [0.15, 0.2) is 5.96 Å². The van der Waals surface area contributed by atoms with Gasteiger partial charge in [0.25, 0.3) is 0 Å². The van der Waals surface area contributed by atoms with Gasteiger partial charge in [-0.1, -0.05) is 12.1 Å². The second kappa shape index (κ2) is 9.28. The molecule has 1 aromatic carbocycles. The van der Waals surface area contributed by atoms with E-state index >= 15 is 0 Å². The number of ether oxygens (including phenoxy) is 1. The summed E-state index contributed by atoms with van der Waals surface area (Å²) in [5, 5.41) is 6.75. The summed E-state index contributed by atoms with van der Waals surface area (Å²) in [6.07, 6.45) is 3.75. The Bertz CT molecular complexity index is 685. The molecule has 154 valence electrons. The minimum Gasteiger partial charge on any atom is -0.497 e. The predicted molar refractivity (Wildman–Crippen MR) is 112 cm³/mol. The van der Waals surface area contributed by atoms with Crippen molar-refractivity contribution in [3.8, 4) is 5.75 Å². The minimum atomic E-state index is 0.0262. The first-order valence-electron chi connectivity index (χ1n) is 10.1. The molecule has 0 aromatic heterocycles. The summed E-state index contributed by atoms with van der Waals surface area (Å²) in [5.74, 6) is 1.56. The molecule has 1 aromatic rings. The van der Waals surface area contributed by atoms with Gasteiger partial charge in [0.2, 0.25) is 5.91 Å². The number of aliphatic imine (C=N–C) groups is 1. The van der Waals surface area contributed by atoms with E-state index in [1.54, 1.807) is 26.1 Å². The molecule has 7 nitrogen and oxygen atoms in total. The number of likely N-dealkylation sites (N-methyl/N-ethyl adjacent to an activating group) is 1. The number of likely N-dealkylation sites (tertiary alicyclic amines) is 1. The normalized spacial score (nSPS) is 22.8. The van der Waals surface area contributed by atoms with Gasteiger partial charge in [0.05, 0.1) is 20.2 Å². The summed E-state index contributed by atoms with van der Waals surface area (Å²) >= 11 is 0. The van der Waals surface area contributed by atoms with Crippen molar-refractivity contribution in [3.63, 3.8) is 0 Å². The highest BCUT2D eigenvalue weighted by Gasteiger charge is 2.38. The van der Waals surface area contributed by atoms with Crippen LogP contribution in [-0.4, -0.2) is 74.1 Å². The van der Waals surface area contributed by atoms with E-state index in [-0.39, 0.29) is 12.5 Å². The monoisotopic (exact) mass is 387 g/mol. The van der Waals surface area contributed by atoms with Crippen molar-refractivity contribution in [2.24, 2.45) is 4.99 Å². The molecule has 2 unspecified atom stereocenters. The van der Waals surface area contributed by atoms with Crippen LogP contribution in [-0.2, 0) is 11.3 Å². The number of benzene rings is 1. The van der Waals surface area contributed by atoms with Crippen molar-refractivity contribution in [1.82, 2.24) is 20.4 Å². The van der Waals surface area contributed by atoms with Crippen molar-refractivity contribution < 1.29 is 9.53 Å². The topological polar surface area (TPSA) is 69.2 Å². The number of nitrogens with one attached hydrogen (secondary N) is 2. The summed E-state index contributed by atoms with van der Waals surface area (Å²) in [7, 11) is 5.18. The summed E-state index contributed by atoms with van der Waals surface area (Å²) in [6.45, 7) is 4.12. The number of hydrogen-bond acceptors (Lipinski definition) is 4. The van der Waals surface area contributed by atoms with E-state index in [4.69, 9.17) is 9.73 Å².